The fourth-order valence-electron chi connectivity index (χ4n) is 3.57. The first kappa shape index (κ1) is 19.0. The number of nitrogens with zero attached hydrogens (tertiary/aromatic N) is 1. The van der Waals surface area contributed by atoms with E-state index in [1.54, 1.807) is 48.5 Å². The van der Waals surface area contributed by atoms with Gasteiger partial charge in [0.25, 0.3) is 11.7 Å². The molecule has 1 aliphatic rings. The summed E-state index contributed by atoms with van der Waals surface area (Å²) in [6.07, 6.45) is 0. The smallest absolute Gasteiger partial charge is 0.295 e. The molecule has 0 spiro atoms. The van der Waals surface area contributed by atoms with Crippen molar-refractivity contribution in [2.45, 2.75) is 12.6 Å². The Labute approximate surface area is 173 Å². The Morgan fingerprint density at radius 3 is 2.07 bits per heavy atom. The number of benzene rings is 3. The lowest BCUT2D eigenvalue weighted by molar-refractivity contribution is -0.140. The first-order chi connectivity index (χ1) is 14.1. The molecule has 0 aliphatic carbocycles. The molecular formula is C24H18ClNO3. The lowest BCUT2D eigenvalue weighted by atomic mass is 9.95. The number of carbonyl (C=O) groups is 2. The third kappa shape index (κ3) is 3.67. The standard InChI is InChI=1S/C24H18ClNO3/c25-19-13-11-17(12-14-19)21-20(22(27)18-9-5-2-6-10-18)23(28)24(29)26(21)15-16-7-3-1-4-8-16/h1-14,21,27H,15H2/t21-/m1/s1. The summed E-state index contributed by atoms with van der Waals surface area (Å²) >= 11 is 6.03. The fraction of sp³-hybridized carbons (Fsp3) is 0.0833. The zero-order valence-corrected chi connectivity index (χ0v) is 16.2. The highest BCUT2D eigenvalue weighted by Crippen LogP contribution is 2.40. The van der Waals surface area contributed by atoms with Crippen LogP contribution < -0.4 is 0 Å². The van der Waals surface area contributed by atoms with Gasteiger partial charge >= 0.3 is 0 Å². The Morgan fingerprint density at radius 1 is 0.862 bits per heavy atom. The molecule has 29 heavy (non-hydrogen) atoms. The lowest BCUT2D eigenvalue weighted by Gasteiger charge is -2.25. The van der Waals surface area contributed by atoms with Crippen molar-refractivity contribution in [2.75, 3.05) is 0 Å². The number of ketones is 1. The van der Waals surface area contributed by atoms with E-state index < -0.39 is 17.7 Å². The fourth-order valence-corrected chi connectivity index (χ4v) is 3.69. The van der Waals surface area contributed by atoms with E-state index in [0.717, 1.165) is 5.56 Å². The molecule has 0 bridgehead atoms. The Kier molecular flexibility index (Phi) is 5.19. The second-order valence-electron chi connectivity index (χ2n) is 6.83. The van der Waals surface area contributed by atoms with Crippen LogP contribution in [0, 0.1) is 0 Å². The van der Waals surface area contributed by atoms with Crippen LogP contribution in [0.25, 0.3) is 5.76 Å². The summed E-state index contributed by atoms with van der Waals surface area (Å²) in [5.74, 6) is -1.51. The van der Waals surface area contributed by atoms with Gasteiger partial charge in [-0.1, -0.05) is 84.4 Å². The van der Waals surface area contributed by atoms with E-state index in [4.69, 9.17) is 11.6 Å². The van der Waals surface area contributed by atoms with E-state index in [-0.39, 0.29) is 17.9 Å². The third-order valence-corrected chi connectivity index (χ3v) is 5.22. The van der Waals surface area contributed by atoms with E-state index >= 15 is 0 Å². The molecule has 1 heterocycles. The van der Waals surface area contributed by atoms with Gasteiger partial charge in [-0.05, 0) is 23.3 Å². The van der Waals surface area contributed by atoms with Gasteiger partial charge in [-0.2, -0.15) is 0 Å². The minimum atomic E-state index is -0.701. The number of rotatable bonds is 4. The molecule has 1 fully saturated rings. The van der Waals surface area contributed by atoms with E-state index in [9.17, 15) is 14.7 Å². The third-order valence-electron chi connectivity index (χ3n) is 4.97. The van der Waals surface area contributed by atoms with Gasteiger partial charge in [0.1, 0.15) is 5.76 Å². The monoisotopic (exact) mass is 403 g/mol. The molecule has 1 N–H and O–H groups in total. The van der Waals surface area contributed by atoms with Crippen LogP contribution in [0.3, 0.4) is 0 Å². The first-order valence-corrected chi connectivity index (χ1v) is 9.57. The normalized spacial score (nSPS) is 18.2. The second-order valence-corrected chi connectivity index (χ2v) is 7.27. The van der Waals surface area contributed by atoms with E-state index in [1.165, 1.54) is 4.90 Å². The Bertz CT molecular complexity index is 1080. The average Bonchev–Trinajstić information content (AvgIpc) is 3.00. The average molecular weight is 404 g/mol. The van der Waals surface area contributed by atoms with Gasteiger partial charge in [0.05, 0.1) is 11.6 Å². The van der Waals surface area contributed by atoms with Crippen LogP contribution in [0.1, 0.15) is 22.7 Å². The van der Waals surface area contributed by atoms with E-state index in [0.29, 0.717) is 16.1 Å². The maximum Gasteiger partial charge on any atom is 0.295 e. The van der Waals surface area contributed by atoms with Crippen LogP contribution in [0.2, 0.25) is 5.02 Å². The summed E-state index contributed by atoms with van der Waals surface area (Å²) in [7, 11) is 0. The molecule has 0 unspecified atom stereocenters. The highest BCUT2D eigenvalue weighted by Gasteiger charge is 2.46. The summed E-state index contributed by atoms with van der Waals surface area (Å²) in [5, 5.41) is 11.5. The van der Waals surface area contributed by atoms with Gasteiger partial charge in [-0.25, -0.2) is 0 Å². The Balaban J connectivity index is 1.86. The number of aliphatic hydroxyl groups excluding tert-OH is 1. The summed E-state index contributed by atoms with van der Waals surface area (Å²) in [6.45, 7) is 0.254. The molecule has 0 radical (unpaired) electrons. The largest absolute Gasteiger partial charge is 0.507 e. The van der Waals surface area contributed by atoms with Crippen molar-refractivity contribution in [3.63, 3.8) is 0 Å². The van der Waals surface area contributed by atoms with Crippen molar-refractivity contribution in [2.24, 2.45) is 0 Å². The summed E-state index contributed by atoms with van der Waals surface area (Å²) in [6, 6.07) is 24.5. The van der Waals surface area contributed by atoms with Crippen molar-refractivity contribution in [3.05, 3.63) is 112 Å². The van der Waals surface area contributed by atoms with Crippen LogP contribution in [-0.4, -0.2) is 21.7 Å². The number of amides is 1. The van der Waals surface area contributed by atoms with Crippen molar-refractivity contribution in [1.82, 2.24) is 4.90 Å². The van der Waals surface area contributed by atoms with E-state index in [1.807, 2.05) is 36.4 Å². The Hall–Kier alpha value is -3.37. The molecule has 5 heteroatoms. The van der Waals surface area contributed by atoms with Crippen molar-refractivity contribution in [3.8, 4) is 0 Å². The number of hydrogen-bond acceptors (Lipinski definition) is 3. The molecule has 3 aromatic rings. The molecule has 1 aliphatic heterocycles. The molecule has 4 nitrogen and oxygen atoms in total. The van der Waals surface area contributed by atoms with Gasteiger partial charge in [0.2, 0.25) is 0 Å². The second kappa shape index (κ2) is 7.94. The van der Waals surface area contributed by atoms with Gasteiger partial charge in [-0.15, -0.1) is 0 Å². The molecule has 1 amide bonds. The molecule has 1 saturated heterocycles. The molecule has 144 valence electrons. The highest BCUT2D eigenvalue weighted by atomic mass is 35.5. The minimum absolute atomic E-state index is 0.0828. The minimum Gasteiger partial charge on any atom is -0.507 e. The molecule has 4 rings (SSSR count). The van der Waals surface area contributed by atoms with Crippen molar-refractivity contribution < 1.29 is 14.7 Å². The zero-order chi connectivity index (χ0) is 20.4. The van der Waals surface area contributed by atoms with Gasteiger partial charge in [0.15, 0.2) is 0 Å². The lowest BCUT2D eigenvalue weighted by Crippen LogP contribution is -2.29. The van der Waals surface area contributed by atoms with Crippen LogP contribution in [0.15, 0.2) is 90.5 Å². The number of halogens is 1. The van der Waals surface area contributed by atoms with E-state index in [2.05, 4.69) is 0 Å². The summed E-state index contributed by atoms with van der Waals surface area (Å²) < 4.78 is 0. The number of Topliss-reactive ketones (excluding diaryl/α,β-unsaturated/α-hetero) is 1. The van der Waals surface area contributed by atoms with Gasteiger partial charge in [-0.3, -0.25) is 9.59 Å². The number of likely N-dealkylation sites (tertiary alicyclic amines) is 1. The van der Waals surface area contributed by atoms with Crippen LogP contribution in [-0.2, 0) is 16.1 Å². The predicted octanol–water partition coefficient (Wildman–Crippen LogP) is 4.96. The predicted molar refractivity (Wildman–Crippen MR) is 112 cm³/mol. The van der Waals surface area contributed by atoms with Crippen LogP contribution in [0.4, 0.5) is 0 Å². The number of hydrogen-bond donors (Lipinski definition) is 1. The summed E-state index contributed by atoms with van der Waals surface area (Å²) in [5.41, 5.74) is 2.18. The van der Waals surface area contributed by atoms with Crippen molar-refractivity contribution in [1.29, 1.82) is 0 Å². The zero-order valence-electron chi connectivity index (χ0n) is 15.5. The van der Waals surface area contributed by atoms with Crippen molar-refractivity contribution >= 4 is 29.1 Å². The Morgan fingerprint density at radius 2 is 1.45 bits per heavy atom. The maximum absolute atomic E-state index is 12.9. The quantitative estimate of drug-likeness (QED) is 0.380. The van der Waals surface area contributed by atoms with Crippen LogP contribution >= 0.6 is 11.6 Å². The molecule has 0 saturated carbocycles. The molecule has 0 aromatic heterocycles. The SMILES string of the molecule is O=C1C(=O)N(Cc2ccccc2)[C@H](c2ccc(Cl)cc2)C1=C(O)c1ccccc1. The number of aliphatic hydroxyl groups is 1. The number of carbonyl (C=O) groups excluding carboxylic acids is 2. The highest BCUT2D eigenvalue weighted by molar-refractivity contribution is 6.46. The molecule has 1 atom stereocenters. The maximum atomic E-state index is 12.9. The first-order valence-electron chi connectivity index (χ1n) is 9.19. The molecule has 3 aromatic carbocycles. The summed E-state index contributed by atoms with van der Waals surface area (Å²) in [4.78, 5) is 27.3. The van der Waals surface area contributed by atoms with Crippen LogP contribution in [0.5, 0.6) is 0 Å². The molecular weight excluding hydrogens is 386 g/mol. The topological polar surface area (TPSA) is 57.6 Å². The van der Waals surface area contributed by atoms with Gasteiger partial charge < -0.3 is 10.0 Å². The van der Waals surface area contributed by atoms with Gasteiger partial charge in [0, 0.05) is 17.1 Å².